The summed E-state index contributed by atoms with van der Waals surface area (Å²) in [5.41, 5.74) is 3.11. The van der Waals surface area contributed by atoms with Gasteiger partial charge in [0.2, 0.25) is 5.88 Å². The van der Waals surface area contributed by atoms with Gasteiger partial charge in [-0.3, -0.25) is 0 Å². The number of aromatic nitrogens is 1. The molecule has 0 radical (unpaired) electrons. The maximum atomic E-state index is 13.0. The standard InChI is InChI=1S/C32H37N3O4/c1-23(2)34-16-14-27(15-17-34)33-32(36)39-31-20-26-19-29(38-22-24-8-5-4-6-9-24)12-13-30(26)35(31)21-25-10-7-11-28(18-25)37-3/h4-13,18-20,23,27H,14-17,21-22H2,1-3H3,(H,33,36). The van der Waals surface area contributed by atoms with Crippen molar-refractivity contribution >= 4 is 17.0 Å². The number of benzene rings is 3. The molecular weight excluding hydrogens is 490 g/mol. The Bertz CT molecular complexity index is 1390. The fourth-order valence-corrected chi connectivity index (χ4v) is 5.11. The highest BCUT2D eigenvalue weighted by atomic mass is 16.6. The first-order chi connectivity index (χ1) is 19.0. The molecule has 1 N–H and O–H groups in total. The van der Waals surface area contributed by atoms with Gasteiger partial charge in [-0.25, -0.2) is 4.79 Å². The number of hydrogen-bond donors (Lipinski definition) is 1. The first-order valence-electron chi connectivity index (χ1n) is 13.6. The van der Waals surface area contributed by atoms with E-state index in [-0.39, 0.29) is 6.04 Å². The Labute approximate surface area is 230 Å². The summed E-state index contributed by atoms with van der Waals surface area (Å²) >= 11 is 0. The molecule has 0 unspecified atom stereocenters. The topological polar surface area (TPSA) is 65.0 Å². The molecule has 4 aromatic rings. The minimum atomic E-state index is -0.423. The number of piperidine rings is 1. The van der Waals surface area contributed by atoms with Crippen LogP contribution >= 0.6 is 0 Å². The summed E-state index contributed by atoms with van der Waals surface area (Å²) in [5.74, 6) is 2.04. The highest BCUT2D eigenvalue weighted by Gasteiger charge is 2.23. The first-order valence-corrected chi connectivity index (χ1v) is 13.6. The third kappa shape index (κ3) is 6.73. The van der Waals surface area contributed by atoms with Crippen molar-refractivity contribution in [1.82, 2.24) is 14.8 Å². The van der Waals surface area contributed by atoms with Gasteiger partial charge >= 0.3 is 6.09 Å². The Hall–Kier alpha value is -3.97. The van der Waals surface area contributed by atoms with E-state index in [2.05, 4.69) is 24.1 Å². The van der Waals surface area contributed by atoms with Gasteiger partial charge in [-0.2, -0.15) is 0 Å². The summed E-state index contributed by atoms with van der Waals surface area (Å²) < 4.78 is 19.4. The lowest BCUT2D eigenvalue weighted by molar-refractivity contribution is 0.151. The molecule has 0 aliphatic carbocycles. The molecule has 204 valence electrons. The minimum Gasteiger partial charge on any atom is -0.497 e. The van der Waals surface area contributed by atoms with Crippen LogP contribution in [0.3, 0.4) is 0 Å². The molecule has 0 atom stereocenters. The van der Waals surface area contributed by atoms with Gasteiger partial charge in [0.15, 0.2) is 0 Å². The van der Waals surface area contributed by atoms with E-state index in [1.165, 1.54) is 0 Å². The van der Waals surface area contributed by atoms with E-state index in [1.807, 2.05) is 83.4 Å². The molecule has 39 heavy (non-hydrogen) atoms. The molecule has 0 spiro atoms. The van der Waals surface area contributed by atoms with E-state index in [9.17, 15) is 4.79 Å². The lowest BCUT2D eigenvalue weighted by Gasteiger charge is -2.34. The number of amides is 1. The van der Waals surface area contributed by atoms with Crippen LogP contribution in [0.4, 0.5) is 4.79 Å². The highest BCUT2D eigenvalue weighted by Crippen LogP contribution is 2.31. The van der Waals surface area contributed by atoms with E-state index in [1.54, 1.807) is 7.11 Å². The monoisotopic (exact) mass is 527 g/mol. The number of ether oxygens (including phenoxy) is 3. The van der Waals surface area contributed by atoms with Gasteiger partial charge < -0.3 is 29.0 Å². The number of carbonyl (C=O) groups excluding carboxylic acids is 1. The number of methoxy groups -OCH3 is 1. The lowest BCUT2D eigenvalue weighted by Crippen LogP contribution is -2.47. The second-order valence-electron chi connectivity index (χ2n) is 10.4. The Morgan fingerprint density at radius 2 is 1.69 bits per heavy atom. The molecule has 0 bridgehead atoms. The second-order valence-corrected chi connectivity index (χ2v) is 10.4. The normalized spacial score (nSPS) is 14.5. The van der Waals surface area contributed by atoms with E-state index in [4.69, 9.17) is 14.2 Å². The summed E-state index contributed by atoms with van der Waals surface area (Å²) in [6.07, 6.45) is 1.41. The van der Waals surface area contributed by atoms with Gasteiger partial charge in [0.25, 0.3) is 0 Å². The van der Waals surface area contributed by atoms with Crippen molar-refractivity contribution < 1.29 is 19.0 Å². The number of hydrogen-bond acceptors (Lipinski definition) is 5. The minimum absolute atomic E-state index is 0.113. The van der Waals surface area contributed by atoms with Crippen molar-refractivity contribution in [2.75, 3.05) is 20.2 Å². The van der Waals surface area contributed by atoms with Gasteiger partial charge in [0.05, 0.1) is 19.2 Å². The Morgan fingerprint density at radius 3 is 2.44 bits per heavy atom. The average Bonchev–Trinajstić information content (AvgIpc) is 3.28. The molecule has 7 nitrogen and oxygen atoms in total. The molecule has 1 aliphatic heterocycles. The predicted molar refractivity (Wildman–Crippen MR) is 154 cm³/mol. The maximum absolute atomic E-state index is 13.0. The molecule has 1 amide bonds. The number of fused-ring (bicyclic) bond motifs is 1. The van der Waals surface area contributed by atoms with Crippen LogP contribution in [0.15, 0.2) is 78.9 Å². The number of nitrogens with one attached hydrogen (secondary N) is 1. The predicted octanol–water partition coefficient (Wildman–Crippen LogP) is 6.24. The van der Waals surface area contributed by atoms with Gasteiger partial charge in [-0.15, -0.1) is 0 Å². The molecule has 2 heterocycles. The van der Waals surface area contributed by atoms with Crippen molar-refractivity contribution in [2.45, 2.75) is 51.9 Å². The zero-order valence-electron chi connectivity index (χ0n) is 22.9. The van der Waals surface area contributed by atoms with Gasteiger partial charge in [0.1, 0.15) is 18.1 Å². The number of nitrogens with zero attached hydrogens (tertiary/aromatic N) is 2. The smallest absolute Gasteiger partial charge is 0.414 e. The molecule has 1 saturated heterocycles. The van der Waals surface area contributed by atoms with E-state index in [0.717, 1.165) is 59.5 Å². The Kier molecular flexibility index (Phi) is 8.37. The van der Waals surface area contributed by atoms with Crippen LogP contribution in [-0.2, 0) is 13.2 Å². The van der Waals surface area contributed by atoms with E-state index >= 15 is 0 Å². The summed E-state index contributed by atoms with van der Waals surface area (Å²) in [6, 6.07) is 26.5. The largest absolute Gasteiger partial charge is 0.497 e. The summed E-state index contributed by atoms with van der Waals surface area (Å²) in [4.78, 5) is 15.4. The zero-order valence-corrected chi connectivity index (χ0v) is 22.9. The van der Waals surface area contributed by atoms with Crippen molar-refractivity contribution in [3.8, 4) is 17.4 Å². The van der Waals surface area contributed by atoms with Gasteiger partial charge in [-0.05, 0) is 68.1 Å². The average molecular weight is 528 g/mol. The van der Waals surface area contributed by atoms with Gasteiger partial charge in [-0.1, -0.05) is 42.5 Å². The van der Waals surface area contributed by atoms with Crippen molar-refractivity contribution in [3.05, 3.63) is 90.0 Å². The molecule has 0 saturated carbocycles. The van der Waals surface area contributed by atoms with Crippen LogP contribution in [0.5, 0.6) is 17.4 Å². The van der Waals surface area contributed by atoms with Crippen LogP contribution in [0.2, 0.25) is 0 Å². The number of carbonyl (C=O) groups is 1. The van der Waals surface area contributed by atoms with Crippen molar-refractivity contribution in [1.29, 1.82) is 0 Å². The van der Waals surface area contributed by atoms with E-state index < -0.39 is 6.09 Å². The molecular formula is C32H37N3O4. The summed E-state index contributed by atoms with van der Waals surface area (Å²) in [6.45, 7) is 7.39. The Balaban J connectivity index is 1.36. The highest BCUT2D eigenvalue weighted by molar-refractivity contribution is 5.85. The second kappa shape index (κ2) is 12.3. The molecule has 1 aliphatic rings. The molecule has 1 aromatic heterocycles. The third-order valence-electron chi connectivity index (χ3n) is 7.34. The van der Waals surface area contributed by atoms with Crippen LogP contribution in [0, 0.1) is 0 Å². The number of likely N-dealkylation sites (tertiary alicyclic amines) is 1. The lowest BCUT2D eigenvalue weighted by atomic mass is 10.0. The van der Waals surface area contributed by atoms with E-state index in [0.29, 0.717) is 25.1 Å². The molecule has 7 heteroatoms. The fraction of sp³-hybridized carbons (Fsp3) is 0.344. The Morgan fingerprint density at radius 1 is 0.923 bits per heavy atom. The SMILES string of the molecule is COc1cccc(Cn2c(OC(=O)NC3CCN(C(C)C)CC3)cc3cc(OCc4ccccc4)ccc32)c1. The fourth-order valence-electron chi connectivity index (χ4n) is 5.11. The summed E-state index contributed by atoms with van der Waals surface area (Å²) in [5, 5.41) is 4.03. The van der Waals surface area contributed by atoms with Crippen LogP contribution < -0.4 is 19.5 Å². The van der Waals surface area contributed by atoms with Crippen molar-refractivity contribution in [3.63, 3.8) is 0 Å². The van der Waals surface area contributed by atoms with Gasteiger partial charge in [0, 0.05) is 36.6 Å². The third-order valence-corrected chi connectivity index (χ3v) is 7.34. The quantitative estimate of drug-likeness (QED) is 0.279. The number of rotatable bonds is 9. The first kappa shape index (κ1) is 26.6. The van der Waals surface area contributed by atoms with Crippen molar-refractivity contribution in [2.24, 2.45) is 0 Å². The van der Waals surface area contributed by atoms with Crippen LogP contribution in [-0.4, -0.2) is 47.8 Å². The molecule has 1 fully saturated rings. The van der Waals surface area contributed by atoms with Crippen LogP contribution in [0.1, 0.15) is 37.8 Å². The molecule has 5 rings (SSSR count). The summed E-state index contributed by atoms with van der Waals surface area (Å²) in [7, 11) is 1.66. The molecule has 3 aromatic carbocycles. The zero-order chi connectivity index (χ0) is 27.2. The van der Waals surface area contributed by atoms with Crippen LogP contribution in [0.25, 0.3) is 10.9 Å². The maximum Gasteiger partial charge on any atom is 0.414 e.